The second kappa shape index (κ2) is 8.50. The van der Waals surface area contributed by atoms with Crippen LogP contribution in [0.3, 0.4) is 0 Å². The quantitative estimate of drug-likeness (QED) is 0.818. The molecule has 0 bridgehead atoms. The predicted molar refractivity (Wildman–Crippen MR) is 121 cm³/mol. The Kier molecular flexibility index (Phi) is 5.80. The fraction of sp³-hybridized carbons (Fsp3) is 0.440. The molecule has 0 aromatic heterocycles. The number of nitrogens with zero attached hydrogens (tertiary/aromatic N) is 2. The molecule has 2 aromatic carbocycles. The van der Waals surface area contributed by atoms with Crippen LogP contribution in [0.4, 0.5) is 11.4 Å². The van der Waals surface area contributed by atoms with E-state index in [2.05, 4.69) is 41.4 Å². The molecule has 1 atom stereocenters. The van der Waals surface area contributed by atoms with Gasteiger partial charge < -0.3 is 15.1 Å². The van der Waals surface area contributed by atoms with Crippen LogP contribution in [0.15, 0.2) is 42.5 Å². The van der Waals surface area contributed by atoms with Crippen molar-refractivity contribution < 1.29 is 9.59 Å². The molecule has 2 aliphatic heterocycles. The Morgan fingerprint density at radius 3 is 2.60 bits per heavy atom. The predicted octanol–water partition coefficient (Wildman–Crippen LogP) is 4.01. The van der Waals surface area contributed by atoms with Crippen molar-refractivity contribution >= 4 is 23.2 Å². The molecule has 0 spiro atoms. The number of hydrogen-bond donors (Lipinski definition) is 1. The van der Waals surface area contributed by atoms with Gasteiger partial charge in [-0.05, 0) is 48.1 Å². The first-order valence-corrected chi connectivity index (χ1v) is 11.0. The minimum absolute atomic E-state index is 0.0470. The van der Waals surface area contributed by atoms with E-state index in [1.807, 2.05) is 32.0 Å². The van der Waals surface area contributed by atoms with Crippen LogP contribution in [0.5, 0.6) is 0 Å². The van der Waals surface area contributed by atoms with Crippen molar-refractivity contribution in [2.24, 2.45) is 5.92 Å². The van der Waals surface area contributed by atoms with Gasteiger partial charge in [0.15, 0.2) is 0 Å². The van der Waals surface area contributed by atoms with E-state index in [1.165, 1.54) is 11.3 Å². The van der Waals surface area contributed by atoms with E-state index in [0.717, 1.165) is 36.3 Å². The van der Waals surface area contributed by atoms with Crippen molar-refractivity contribution in [2.45, 2.75) is 52.6 Å². The molecule has 2 amide bonds. The van der Waals surface area contributed by atoms with Gasteiger partial charge in [0.05, 0.1) is 0 Å². The van der Waals surface area contributed by atoms with Gasteiger partial charge in [0.1, 0.15) is 6.04 Å². The highest BCUT2D eigenvalue weighted by molar-refractivity contribution is 5.98. The van der Waals surface area contributed by atoms with Crippen molar-refractivity contribution in [3.05, 3.63) is 59.2 Å². The highest BCUT2D eigenvalue weighted by atomic mass is 16.2. The lowest BCUT2D eigenvalue weighted by Crippen LogP contribution is -2.50. The van der Waals surface area contributed by atoms with Gasteiger partial charge in [0.2, 0.25) is 11.8 Å². The number of hydrogen-bond acceptors (Lipinski definition) is 3. The summed E-state index contributed by atoms with van der Waals surface area (Å²) in [7, 11) is 0. The average molecular weight is 406 g/mol. The Labute approximate surface area is 179 Å². The van der Waals surface area contributed by atoms with Gasteiger partial charge >= 0.3 is 0 Å². The zero-order valence-electron chi connectivity index (χ0n) is 18.1. The number of carbonyl (C=O) groups excluding carboxylic acids is 2. The number of anilines is 2. The number of rotatable bonds is 5. The monoisotopic (exact) mass is 405 g/mol. The molecule has 5 nitrogen and oxygen atoms in total. The second-order valence-electron chi connectivity index (χ2n) is 8.77. The first-order chi connectivity index (χ1) is 14.5. The van der Waals surface area contributed by atoms with E-state index in [4.69, 9.17) is 0 Å². The maximum Gasteiger partial charge on any atom is 0.247 e. The molecule has 5 heteroatoms. The maximum absolute atomic E-state index is 13.3. The highest BCUT2D eigenvalue weighted by Crippen LogP contribution is 2.31. The Morgan fingerprint density at radius 2 is 1.87 bits per heavy atom. The van der Waals surface area contributed by atoms with Crippen LogP contribution >= 0.6 is 0 Å². The normalized spacial score (nSPS) is 17.7. The molecule has 30 heavy (non-hydrogen) atoms. The Morgan fingerprint density at radius 1 is 1.10 bits per heavy atom. The number of benzene rings is 2. The molecule has 0 radical (unpaired) electrons. The lowest BCUT2D eigenvalue weighted by molar-refractivity contribution is -0.140. The SMILES string of the molecule is CCN1CCc2ccc(NC(=O)C3Cc4ccccc4CN3C(=O)CC(C)C)cc21. The van der Waals surface area contributed by atoms with Crippen LogP contribution in [0.2, 0.25) is 0 Å². The van der Waals surface area contributed by atoms with E-state index in [0.29, 0.717) is 19.4 Å². The molecule has 158 valence electrons. The average Bonchev–Trinajstić information content (AvgIpc) is 3.14. The summed E-state index contributed by atoms with van der Waals surface area (Å²) in [6.45, 7) is 8.71. The molecule has 4 rings (SSSR count). The summed E-state index contributed by atoms with van der Waals surface area (Å²) in [6, 6.07) is 13.8. The smallest absolute Gasteiger partial charge is 0.247 e. The molecule has 0 saturated heterocycles. The Bertz CT molecular complexity index is 953. The van der Waals surface area contributed by atoms with Crippen LogP contribution in [-0.2, 0) is 29.0 Å². The number of fused-ring (bicyclic) bond motifs is 2. The molecular formula is C25H31N3O2. The molecule has 1 unspecified atom stereocenters. The van der Waals surface area contributed by atoms with Crippen LogP contribution < -0.4 is 10.2 Å². The van der Waals surface area contributed by atoms with Crippen molar-refractivity contribution in [3.63, 3.8) is 0 Å². The minimum Gasteiger partial charge on any atom is -0.371 e. The van der Waals surface area contributed by atoms with Crippen LogP contribution in [0.25, 0.3) is 0 Å². The van der Waals surface area contributed by atoms with Crippen molar-refractivity contribution in [3.8, 4) is 0 Å². The van der Waals surface area contributed by atoms with Crippen molar-refractivity contribution in [2.75, 3.05) is 23.3 Å². The summed E-state index contributed by atoms with van der Waals surface area (Å²) in [5.74, 6) is 0.198. The first-order valence-electron chi connectivity index (χ1n) is 11.0. The van der Waals surface area contributed by atoms with Crippen LogP contribution in [-0.4, -0.2) is 35.8 Å². The topological polar surface area (TPSA) is 52.7 Å². The van der Waals surface area contributed by atoms with E-state index in [-0.39, 0.29) is 17.7 Å². The lowest BCUT2D eigenvalue weighted by Gasteiger charge is -2.36. The number of carbonyl (C=O) groups is 2. The summed E-state index contributed by atoms with van der Waals surface area (Å²) >= 11 is 0. The minimum atomic E-state index is -0.485. The third-order valence-electron chi connectivity index (χ3n) is 6.18. The second-order valence-corrected chi connectivity index (χ2v) is 8.77. The van der Waals surface area contributed by atoms with Gasteiger partial charge in [0, 0.05) is 43.9 Å². The maximum atomic E-state index is 13.3. The van der Waals surface area contributed by atoms with Crippen LogP contribution in [0.1, 0.15) is 43.9 Å². The fourth-order valence-corrected chi connectivity index (χ4v) is 4.56. The Hall–Kier alpha value is -2.82. The summed E-state index contributed by atoms with van der Waals surface area (Å²) in [5, 5.41) is 3.10. The largest absolute Gasteiger partial charge is 0.371 e. The summed E-state index contributed by atoms with van der Waals surface area (Å²) < 4.78 is 0. The zero-order valence-corrected chi connectivity index (χ0v) is 18.1. The number of amides is 2. The molecule has 0 saturated carbocycles. The van der Waals surface area contributed by atoms with Gasteiger partial charge in [0.25, 0.3) is 0 Å². The number of nitrogens with one attached hydrogen (secondary N) is 1. The molecular weight excluding hydrogens is 374 g/mol. The van der Waals surface area contributed by atoms with E-state index in [1.54, 1.807) is 4.90 Å². The fourth-order valence-electron chi connectivity index (χ4n) is 4.56. The molecule has 2 heterocycles. The van der Waals surface area contributed by atoms with Crippen molar-refractivity contribution in [1.82, 2.24) is 4.90 Å². The molecule has 0 aliphatic carbocycles. The van der Waals surface area contributed by atoms with Crippen LogP contribution in [0, 0.1) is 5.92 Å². The summed E-state index contributed by atoms with van der Waals surface area (Å²) in [6.07, 6.45) is 2.06. The van der Waals surface area contributed by atoms with Gasteiger partial charge in [-0.25, -0.2) is 0 Å². The van der Waals surface area contributed by atoms with E-state index >= 15 is 0 Å². The third kappa shape index (κ3) is 4.07. The molecule has 0 fully saturated rings. The molecule has 2 aromatic rings. The summed E-state index contributed by atoms with van der Waals surface area (Å²) in [4.78, 5) is 30.4. The van der Waals surface area contributed by atoms with E-state index in [9.17, 15) is 9.59 Å². The standard InChI is InChI=1S/C25H31N3O2/c1-4-27-12-11-18-9-10-21(15-22(18)27)26-25(30)23-14-19-7-5-6-8-20(19)16-28(23)24(29)13-17(2)3/h5-10,15,17,23H,4,11-14,16H2,1-3H3,(H,26,30). The van der Waals surface area contributed by atoms with Gasteiger partial charge in [-0.2, -0.15) is 0 Å². The first kappa shape index (κ1) is 20.5. The van der Waals surface area contributed by atoms with Gasteiger partial charge in [-0.15, -0.1) is 0 Å². The van der Waals surface area contributed by atoms with Crippen molar-refractivity contribution in [1.29, 1.82) is 0 Å². The third-order valence-corrected chi connectivity index (χ3v) is 6.18. The molecule has 2 aliphatic rings. The van der Waals surface area contributed by atoms with Gasteiger partial charge in [-0.1, -0.05) is 44.2 Å². The van der Waals surface area contributed by atoms with Gasteiger partial charge in [-0.3, -0.25) is 9.59 Å². The number of likely N-dealkylation sites (N-methyl/N-ethyl adjacent to an activating group) is 1. The Balaban J connectivity index is 1.57. The zero-order chi connectivity index (χ0) is 21.3. The summed E-state index contributed by atoms with van der Waals surface area (Å²) in [5.41, 5.74) is 5.62. The molecule has 1 N–H and O–H groups in total. The lowest BCUT2D eigenvalue weighted by atomic mass is 9.92. The highest BCUT2D eigenvalue weighted by Gasteiger charge is 2.34. The van der Waals surface area contributed by atoms with E-state index < -0.39 is 6.04 Å².